The van der Waals surface area contributed by atoms with Crippen molar-refractivity contribution in [3.8, 4) is 5.69 Å². The van der Waals surface area contributed by atoms with Crippen LogP contribution in [0.15, 0.2) is 53.7 Å². The van der Waals surface area contributed by atoms with E-state index in [9.17, 15) is 4.79 Å². The Morgan fingerprint density at radius 2 is 2.08 bits per heavy atom. The van der Waals surface area contributed by atoms with Crippen LogP contribution >= 0.6 is 0 Å². The highest BCUT2D eigenvalue weighted by atomic mass is 16.1. The van der Waals surface area contributed by atoms with E-state index >= 15 is 0 Å². The maximum absolute atomic E-state index is 12.2. The molecule has 1 saturated carbocycles. The number of aromatic nitrogens is 6. The highest BCUT2D eigenvalue weighted by Crippen LogP contribution is 2.31. The maximum Gasteiger partial charge on any atom is 0.263 e. The van der Waals surface area contributed by atoms with Crippen LogP contribution in [0.3, 0.4) is 0 Å². The molecule has 0 spiro atoms. The molecule has 1 fully saturated rings. The Morgan fingerprint density at radius 3 is 2.81 bits per heavy atom. The second kappa shape index (κ2) is 5.83. The maximum atomic E-state index is 12.2. The zero-order valence-electron chi connectivity index (χ0n) is 14.0. The van der Waals surface area contributed by atoms with Gasteiger partial charge < -0.3 is 4.90 Å². The third-order valence-electron chi connectivity index (χ3n) is 4.62. The van der Waals surface area contributed by atoms with E-state index in [0.717, 1.165) is 24.1 Å². The highest BCUT2D eigenvalue weighted by Gasteiger charge is 2.31. The third kappa shape index (κ3) is 2.65. The third-order valence-corrected chi connectivity index (χ3v) is 4.62. The van der Waals surface area contributed by atoms with Crippen LogP contribution in [0, 0.1) is 0 Å². The molecule has 1 aliphatic rings. The van der Waals surface area contributed by atoms with Crippen LogP contribution in [-0.4, -0.2) is 36.0 Å². The summed E-state index contributed by atoms with van der Waals surface area (Å²) in [6, 6.07) is 10.6. The number of anilines is 1. The molecule has 0 atom stereocenters. The summed E-state index contributed by atoms with van der Waals surface area (Å²) in [5.41, 5.74) is 2.52. The van der Waals surface area contributed by atoms with Crippen LogP contribution in [0.2, 0.25) is 0 Å². The lowest BCUT2D eigenvalue weighted by Gasteiger charge is -2.23. The van der Waals surface area contributed by atoms with Gasteiger partial charge in [-0.05, 0) is 36.6 Å². The quantitative estimate of drug-likeness (QED) is 0.576. The van der Waals surface area contributed by atoms with Gasteiger partial charge in [-0.25, -0.2) is 4.68 Å². The molecule has 0 bridgehead atoms. The van der Waals surface area contributed by atoms with Crippen LogP contribution in [0.4, 0.5) is 5.95 Å². The summed E-state index contributed by atoms with van der Waals surface area (Å²) in [6.45, 7) is 0.687. The van der Waals surface area contributed by atoms with Gasteiger partial charge >= 0.3 is 0 Å². The van der Waals surface area contributed by atoms with Gasteiger partial charge in [0.05, 0.1) is 11.9 Å². The van der Waals surface area contributed by atoms with Crippen molar-refractivity contribution >= 4 is 17.0 Å². The molecule has 1 aliphatic carbocycles. The summed E-state index contributed by atoms with van der Waals surface area (Å²) in [7, 11) is 0. The Morgan fingerprint density at radius 1 is 1.23 bits per heavy atom. The van der Waals surface area contributed by atoms with Crippen LogP contribution in [0.25, 0.3) is 16.7 Å². The van der Waals surface area contributed by atoms with Crippen molar-refractivity contribution in [2.45, 2.75) is 25.4 Å². The molecule has 4 aromatic rings. The number of nitrogens with zero attached hydrogens (tertiary/aromatic N) is 5. The molecule has 26 heavy (non-hydrogen) atoms. The van der Waals surface area contributed by atoms with Crippen molar-refractivity contribution in [3.05, 3.63) is 64.8 Å². The molecule has 0 aliphatic heterocycles. The van der Waals surface area contributed by atoms with Crippen LogP contribution in [-0.2, 0) is 6.54 Å². The molecule has 1 aromatic carbocycles. The first-order chi connectivity index (χ1) is 12.8. The number of hydrogen-bond acceptors (Lipinski definition) is 5. The monoisotopic (exact) mass is 347 g/mol. The second-order valence-corrected chi connectivity index (χ2v) is 6.50. The first-order valence-corrected chi connectivity index (χ1v) is 8.57. The van der Waals surface area contributed by atoms with Crippen molar-refractivity contribution in [1.82, 2.24) is 29.9 Å². The topological polar surface area (TPSA) is 95.5 Å². The molecule has 0 amide bonds. The zero-order chi connectivity index (χ0) is 17.5. The van der Waals surface area contributed by atoms with Crippen LogP contribution < -0.4 is 10.5 Å². The highest BCUT2D eigenvalue weighted by molar-refractivity contribution is 5.73. The molecule has 0 unspecified atom stereocenters. The number of aromatic amines is 2. The first-order valence-electron chi connectivity index (χ1n) is 8.57. The summed E-state index contributed by atoms with van der Waals surface area (Å²) in [6.07, 6.45) is 7.39. The Labute approximate surface area is 148 Å². The molecule has 8 nitrogen and oxygen atoms in total. The van der Waals surface area contributed by atoms with Gasteiger partial charge in [-0.15, -0.1) is 0 Å². The lowest BCUT2D eigenvalue weighted by Crippen LogP contribution is -2.29. The van der Waals surface area contributed by atoms with Crippen LogP contribution in [0.1, 0.15) is 18.4 Å². The lowest BCUT2D eigenvalue weighted by molar-refractivity contribution is 0.758. The minimum atomic E-state index is -0.168. The molecular weight excluding hydrogens is 330 g/mol. The Balaban J connectivity index is 1.45. The normalized spacial score (nSPS) is 14.0. The van der Waals surface area contributed by atoms with Gasteiger partial charge in [-0.3, -0.25) is 14.9 Å². The molecule has 8 heteroatoms. The van der Waals surface area contributed by atoms with Gasteiger partial charge in [-0.1, -0.05) is 12.1 Å². The minimum Gasteiger partial charge on any atom is -0.335 e. The van der Waals surface area contributed by atoms with Gasteiger partial charge in [0.15, 0.2) is 5.65 Å². The molecule has 3 aromatic heterocycles. The van der Waals surface area contributed by atoms with E-state index < -0.39 is 0 Å². The average Bonchev–Trinajstić information content (AvgIpc) is 3.14. The van der Waals surface area contributed by atoms with Crippen molar-refractivity contribution < 1.29 is 0 Å². The Kier molecular flexibility index (Phi) is 3.34. The van der Waals surface area contributed by atoms with Crippen LogP contribution in [0.5, 0.6) is 0 Å². The molecule has 0 radical (unpaired) electrons. The summed E-state index contributed by atoms with van der Waals surface area (Å²) in [5, 5.41) is 11.4. The van der Waals surface area contributed by atoms with Gasteiger partial charge in [-0.2, -0.15) is 15.2 Å². The fourth-order valence-corrected chi connectivity index (χ4v) is 3.10. The zero-order valence-corrected chi connectivity index (χ0v) is 14.0. The number of H-pyrrole nitrogens is 2. The molecule has 130 valence electrons. The van der Waals surface area contributed by atoms with E-state index in [2.05, 4.69) is 42.3 Å². The van der Waals surface area contributed by atoms with Gasteiger partial charge in [0.1, 0.15) is 5.39 Å². The summed E-state index contributed by atoms with van der Waals surface area (Å²) in [4.78, 5) is 21.8. The predicted octanol–water partition coefficient (Wildman–Crippen LogP) is 2.00. The van der Waals surface area contributed by atoms with E-state index in [-0.39, 0.29) is 5.56 Å². The minimum absolute atomic E-state index is 0.168. The van der Waals surface area contributed by atoms with Crippen molar-refractivity contribution in [1.29, 1.82) is 0 Å². The molecule has 2 N–H and O–H groups in total. The number of fused-ring (bicyclic) bond motifs is 1. The predicted molar refractivity (Wildman–Crippen MR) is 97.3 cm³/mol. The lowest BCUT2D eigenvalue weighted by atomic mass is 10.2. The summed E-state index contributed by atoms with van der Waals surface area (Å²) < 4.78 is 1.83. The summed E-state index contributed by atoms with van der Waals surface area (Å²) >= 11 is 0. The molecule has 5 rings (SSSR count). The number of rotatable bonds is 5. The van der Waals surface area contributed by atoms with Crippen molar-refractivity contribution in [2.24, 2.45) is 0 Å². The second-order valence-electron chi connectivity index (χ2n) is 6.50. The average molecular weight is 347 g/mol. The van der Waals surface area contributed by atoms with Gasteiger partial charge in [0.25, 0.3) is 5.56 Å². The van der Waals surface area contributed by atoms with Crippen molar-refractivity contribution in [3.63, 3.8) is 0 Å². The largest absolute Gasteiger partial charge is 0.335 e. The number of nitrogens with one attached hydrogen (secondary N) is 2. The number of hydrogen-bond donors (Lipinski definition) is 2. The summed E-state index contributed by atoms with van der Waals surface area (Å²) in [5.74, 6) is 0.588. The van der Waals surface area contributed by atoms with E-state index in [1.807, 2.05) is 29.1 Å². The van der Waals surface area contributed by atoms with Gasteiger partial charge in [0.2, 0.25) is 5.95 Å². The fourth-order valence-electron chi connectivity index (χ4n) is 3.10. The Bertz CT molecular complexity index is 1090. The van der Waals surface area contributed by atoms with E-state index in [1.54, 1.807) is 6.20 Å². The van der Waals surface area contributed by atoms with Crippen molar-refractivity contribution in [2.75, 3.05) is 4.90 Å². The Hall–Kier alpha value is -3.42. The van der Waals surface area contributed by atoms with E-state index in [4.69, 9.17) is 0 Å². The fraction of sp³-hybridized carbons (Fsp3) is 0.222. The van der Waals surface area contributed by atoms with Gasteiger partial charge in [0, 0.05) is 25.0 Å². The van der Waals surface area contributed by atoms with E-state index in [0.29, 0.717) is 29.6 Å². The number of benzene rings is 1. The first kappa shape index (κ1) is 14.9. The molecular formula is C18H17N7O. The molecule has 0 saturated heterocycles. The molecule has 3 heterocycles. The van der Waals surface area contributed by atoms with E-state index in [1.165, 1.54) is 6.20 Å². The standard InChI is InChI=1S/C18H17N7O/c26-17-15-10-19-23-16(15)21-18(22-17)24(13-6-7-13)11-12-2-4-14(5-3-12)25-9-1-8-20-25/h1-5,8-10,13H,6-7,11H2,(H2,19,21,22,23,26). The smallest absolute Gasteiger partial charge is 0.263 e. The SMILES string of the molecule is O=c1[nH]c(N(Cc2ccc(-n3cccn3)cc2)C2CC2)nc2[nH]ncc12.